The highest BCUT2D eigenvalue weighted by Gasteiger charge is 2.27. The lowest BCUT2D eigenvalue weighted by atomic mass is 10.1. The molecule has 2 aromatic heterocycles. The van der Waals surface area contributed by atoms with E-state index in [-0.39, 0.29) is 0 Å². The minimum Gasteiger partial charge on any atom is -0.258 e. The zero-order chi connectivity index (χ0) is 9.38. The van der Waals surface area contributed by atoms with E-state index in [0.29, 0.717) is 5.92 Å². The Balaban J connectivity index is 2.12. The summed E-state index contributed by atoms with van der Waals surface area (Å²) in [6.07, 6.45) is 5.85. The summed E-state index contributed by atoms with van der Waals surface area (Å²) in [5.74, 6) is 1.45. The average molecular weight is 186 g/mol. The molecular formula is C10H10N4. The van der Waals surface area contributed by atoms with Crippen molar-refractivity contribution in [1.29, 1.82) is 0 Å². The summed E-state index contributed by atoms with van der Waals surface area (Å²) in [7, 11) is 0. The highest BCUT2D eigenvalue weighted by atomic mass is 15.2. The number of aromatic amines is 1. The van der Waals surface area contributed by atoms with E-state index in [0.717, 1.165) is 11.5 Å². The van der Waals surface area contributed by atoms with Crippen LogP contribution < -0.4 is 0 Å². The largest absolute Gasteiger partial charge is 0.258 e. The molecular weight excluding hydrogens is 176 g/mol. The third-order valence-corrected chi connectivity index (χ3v) is 2.50. The molecule has 1 N–H and O–H groups in total. The van der Waals surface area contributed by atoms with Gasteiger partial charge in [-0.3, -0.25) is 10.1 Å². The van der Waals surface area contributed by atoms with Crippen molar-refractivity contribution >= 4 is 0 Å². The molecule has 2 heterocycles. The van der Waals surface area contributed by atoms with Crippen LogP contribution in [0, 0.1) is 0 Å². The highest BCUT2D eigenvalue weighted by Crippen LogP contribution is 2.42. The minimum absolute atomic E-state index is 0.684. The van der Waals surface area contributed by atoms with Gasteiger partial charge >= 0.3 is 0 Å². The van der Waals surface area contributed by atoms with Crippen molar-refractivity contribution in [3.05, 3.63) is 30.2 Å². The fraction of sp³-hybridized carbons (Fsp3) is 0.300. The van der Waals surface area contributed by atoms with Gasteiger partial charge < -0.3 is 0 Å². The van der Waals surface area contributed by atoms with Crippen molar-refractivity contribution in [2.45, 2.75) is 18.8 Å². The predicted molar refractivity (Wildman–Crippen MR) is 51.6 cm³/mol. The Morgan fingerprint density at radius 1 is 1.29 bits per heavy atom. The van der Waals surface area contributed by atoms with Gasteiger partial charge in [0.05, 0.1) is 0 Å². The maximum absolute atomic E-state index is 4.35. The van der Waals surface area contributed by atoms with Crippen LogP contribution in [0.25, 0.3) is 11.5 Å². The van der Waals surface area contributed by atoms with E-state index in [4.69, 9.17) is 0 Å². The van der Waals surface area contributed by atoms with Gasteiger partial charge in [-0.05, 0) is 30.4 Å². The number of H-pyrrole nitrogens is 1. The van der Waals surface area contributed by atoms with E-state index >= 15 is 0 Å². The lowest BCUT2D eigenvalue weighted by molar-refractivity contribution is 1.05. The van der Waals surface area contributed by atoms with Crippen molar-refractivity contribution in [1.82, 2.24) is 20.2 Å². The molecule has 0 unspecified atom stereocenters. The molecule has 0 aliphatic heterocycles. The Labute approximate surface area is 81.4 Å². The second-order valence-corrected chi connectivity index (χ2v) is 3.55. The quantitative estimate of drug-likeness (QED) is 0.777. The SMILES string of the molecule is c1cnc(-c2ncn[nH]2)c(C2CC2)c1. The molecule has 1 saturated carbocycles. The van der Waals surface area contributed by atoms with Crippen LogP contribution in [-0.4, -0.2) is 20.2 Å². The minimum atomic E-state index is 0.684. The van der Waals surface area contributed by atoms with Crippen molar-refractivity contribution in [3.8, 4) is 11.5 Å². The third-order valence-electron chi connectivity index (χ3n) is 2.50. The standard InChI is InChI=1S/C10H10N4/c1-2-8(7-3-4-7)9(11-5-1)10-12-6-13-14-10/h1-2,5-7H,3-4H2,(H,12,13,14). The topological polar surface area (TPSA) is 54.5 Å². The second-order valence-electron chi connectivity index (χ2n) is 3.55. The summed E-state index contributed by atoms with van der Waals surface area (Å²) in [5.41, 5.74) is 2.25. The van der Waals surface area contributed by atoms with Crippen LogP contribution in [0.4, 0.5) is 0 Å². The first-order chi connectivity index (χ1) is 6.95. The number of rotatable bonds is 2. The van der Waals surface area contributed by atoms with Gasteiger partial charge in [-0.25, -0.2) is 4.98 Å². The molecule has 70 valence electrons. The van der Waals surface area contributed by atoms with Gasteiger partial charge in [0.2, 0.25) is 0 Å². The molecule has 4 nitrogen and oxygen atoms in total. The first-order valence-corrected chi connectivity index (χ1v) is 4.76. The maximum atomic E-state index is 4.35. The third kappa shape index (κ3) is 1.19. The van der Waals surface area contributed by atoms with Crippen LogP contribution in [-0.2, 0) is 0 Å². The van der Waals surface area contributed by atoms with Gasteiger partial charge in [-0.2, -0.15) is 5.10 Å². The fourth-order valence-corrected chi connectivity index (χ4v) is 1.66. The molecule has 1 aliphatic carbocycles. The second kappa shape index (κ2) is 2.90. The van der Waals surface area contributed by atoms with Crippen molar-refractivity contribution in [3.63, 3.8) is 0 Å². The summed E-state index contributed by atoms with van der Waals surface area (Å²) in [6.45, 7) is 0. The average Bonchev–Trinajstić information content (AvgIpc) is 2.94. The van der Waals surface area contributed by atoms with E-state index in [1.54, 1.807) is 6.20 Å². The van der Waals surface area contributed by atoms with Crippen molar-refractivity contribution in [2.24, 2.45) is 0 Å². The van der Waals surface area contributed by atoms with E-state index in [2.05, 4.69) is 26.2 Å². The van der Waals surface area contributed by atoms with Crippen molar-refractivity contribution in [2.75, 3.05) is 0 Å². The lowest BCUT2D eigenvalue weighted by Crippen LogP contribution is -1.92. The molecule has 3 rings (SSSR count). The van der Waals surface area contributed by atoms with E-state index in [1.807, 2.05) is 6.07 Å². The molecule has 0 radical (unpaired) electrons. The number of hydrogen-bond donors (Lipinski definition) is 1. The summed E-state index contributed by atoms with van der Waals surface area (Å²) in [6, 6.07) is 4.11. The fourth-order valence-electron chi connectivity index (χ4n) is 1.66. The van der Waals surface area contributed by atoms with Gasteiger partial charge in [0, 0.05) is 6.20 Å². The Kier molecular flexibility index (Phi) is 1.59. The van der Waals surface area contributed by atoms with Gasteiger partial charge in [-0.1, -0.05) is 6.07 Å². The number of aromatic nitrogens is 4. The Morgan fingerprint density at radius 3 is 2.93 bits per heavy atom. The first kappa shape index (κ1) is 7.67. The zero-order valence-electron chi connectivity index (χ0n) is 7.64. The number of nitrogens with one attached hydrogen (secondary N) is 1. The van der Waals surface area contributed by atoms with Crippen LogP contribution in [0.2, 0.25) is 0 Å². The zero-order valence-corrected chi connectivity index (χ0v) is 7.64. The molecule has 0 spiro atoms. The molecule has 14 heavy (non-hydrogen) atoms. The Hall–Kier alpha value is -1.71. The molecule has 1 fully saturated rings. The summed E-state index contributed by atoms with van der Waals surface area (Å²) in [5, 5.41) is 6.70. The van der Waals surface area contributed by atoms with E-state index < -0.39 is 0 Å². The summed E-state index contributed by atoms with van der Waals surface area (Å²) >= 11 is 0. The summed E-state index contributed by atoms with van der Waals surface area (Å²) in [4.78, 5) is 8.48. The molecule has 0 bridgehead atoms. The molecule has 0 aromatic carbocycles. The molecule has 4 heteroatoms. The van der Waals surface area contributed by atoms with E-state index in [9.17, 15) is 0 Å². The first-order valence-electron chi connectivity index (χ1n) is 4.76. The van der Waals surface area contributed by atoms with E-state index in [1.165, 1.54) is 24.7 Å². The van der Waals surface area contributed by atoms with Gasteiger partial charge in [0.1, 0.15) is 12.0 Å². The molecule has 2 aromatic rings. The van der Waals surface area contributed by atoms with Crippen LogP contribution in [0.15, 0.2) is 24.7 Å². The highest BCUT2D eigenvalue weighted by molar-refractivity contribution is 5.56. The lowest BCUT2D eigenvalue weighted by Gasteiger charge is -2.02. The maximum Gasteiger partial charge on any atom is 0.174 e. The molecule has 1 aliphatic rings. The number of hydrogen-bond acceptors (Lipinski definition) is 3. The smallest absolute Gasteiger partial charge is 0.174 e. The van der Waals surface area contributed by atoms with Crippen LogP contribution in [0.1, 0.15) is 24.3 Å². The molecule has 0 saturated heterocycles. The normalized spacial score (nSPS) is 15.7. The Bertz CT molecular complexity index is 431. The van der Waals surface area contributed by atoms with Gasteiger partial charge in [0.25, 0.3) is 0 Å². The van der Waals surface area contributed by atoms with Crippen LogP contribution in [0.3, 0.4) is 0 Å². The van der Waals surface area contributed by atoms with Crippen molar-refractivity contribution < 1.29 is 0 Å². The van der Waals surface area contributed by atoms with Gasteiger partial charge in [-0.15, -0.1) is 0 Å². The van der Waals surface area contributed by atoms with Crippen LogP contribution in [0.5, 0.6) is 0 Å². The number of pyridine rings is 1. The van der Waals surface area contributed by atoms with Gasteiger partial charge in [0.15, 0.2) is 5.82 Å². The Morgan fingerprint density at radius 2 is 2.21 bits per heavy atom. The number of nitrogens with zero attached hydrogens (tertiary/aromatic N) is 3. The molecule has 0 amide bonds. The predicted octanol–water partition coefficient (Wildman–Crippen LogP) is 1.74. The molecule has 0 atom stereocenters. The summed E-state index contributed by atoms with van der Waals surface area (Å²) < 4.78 is 0. The monoisotopic (exact) mass is 186 g/mol. The van der Waals surface area contributed by atoms with Crippen LogP contribution >= 0.6 is 0 Å².